The van der Waals surface area contributed by atoms with E-state index in [2.05, 4.69) is 42.7 Å². The molecular weight excluding hydrogens is 699 g/mol. The first-order valence-corrected chi connectivity index (χ1v) is 21.2. The lowest BCUT2D eigenvalue weighted by molar-refractivity contribution is -0.161. The van der Waals surface area contributed by atoms with Gasteiger partial charge >= 0.3 is 19.8 Å². The maximum Gasteiger partial charge on any atom is 0.472 e. The normalized spacial score (nSPS) is 15.3. The van der Waals surface area contributed by atoms with Crippen LogP contribution in [0.1, 0.15) is 136 Å². The van der Waals surface area contributed by atoms with Crippen LogP contribution >= 0.6 is 7.82 Å². The number of aliphatic hydroxyl groups excluding tert-OH is 3. The number of ether oxygens (including phenoxy) is 2. The molecule has 0 fully saturated rings. The summed E-state index contributed by atoms with van der Waals surface area (Å²) in [6.45, 7) is 4.23. The molecule has 0 rings (SSSR count). The number of rotatable bonds is 35. The van der Waals surface area contributed by atoms with Gasteiger partial charge in [0.1, 0.15) is 12.7 Å². The second-order valence-corrected chi connectivity index (χ2v) is 15.1. The highest BCUT2D eigenvalue weighted by atomic mass is 31.2. The molecule has 11 nitrogen and oxygen atoms in total. The smallest absolute Gasteiger partial charge is 0.462 e. The Kier molecular flexibility index (Phi) is 33.8. The van der Waals surface area contributed by atoms with Gasteiger partial charge < -0.3 is 29.7 Å². The van der Waals surface area contributed by atoms with Gasteiger partial charge in [-0.1, -0.05) is 139 Å². The summed E-state index contributed by atoms with van der Waals surface area (Å²) in [5.41, 5.74) is 0. The second kappa shape index (κ2) is 35.3. The highest BCUT2D eigenvalue weighted by molar-refractivity contribution is 7.47. The first kappa shape index (κ1) is 50.6. The molecule has 0 saturated carbocycles. The van der Waals surface area contributed by atoms with Gasteiger partial charge in [-0.25, -0.2) is 4.57 Å². The molecule has 12 heteroatoms. The van der Waals surface area contributed by atoms with Crippen LogP contribution < -0.4 is 0 Å². The van der Waals surface area contributed by atoms with E-state index in [9.17, 15) is 29.3 Å². The van der Waals surface area contributed by atoms with Gasteiger partial charge in [0.15, 0.2) is 6.10 Å². The molecule has 0 bridgehead atoms. The lowest BCUT2D eigenvalue weighted by Crippen LogP contribution is -2.29. The Morgan fingerprint density at radius 3 is 1.83 bits per heavy atom. The minimum Gasteiger partial charge on any atom is -0.462 e. The van der Waals surface area contributed by atoms with Crippen molar-refractivity contribution in [3.05, 3.63) is 60.8 Å². The van der Waals surface area contributed by atoms with Crippen LogP contribution in [0.15, 0.2) is 60.8 Å². The third-order valence-electron chi connectivity index (χ3n) is 8.02. The predicted molar refractivity (Wildman–Crippen MR) is 211 cm³/mol. The highest BCUT2D eigenvalue weighted by Gasteiger charge is 2.27. The highest BCUT2D eigenvalue weighted by Crippen LogP contribution is 2.43. The van der Waals surface area contributed by atoms with Gasteiger partial charge in [0, 0.05) is 12.8 Å². The molecule has 0 aliphatic heterocycles. The quantitative estimate of drug-likeness (QED) is 0.0160. The Bertz CT molecular complexity index is 1100. The zero-order chi connectivity index (χ0) is 39.4. The summed E-state index contributed by atoms with van der Waals surface area (Å²) >= 11 is 0. The Morgan fingerprint density at radius 1 is 0.679 bits per heavy atom. The standard InChI is InChI=1S/C41H71O11P/c1-4-37(43)29-25-21-17-13-9-7-5-6-8-10-14-19-23-27-31-41(46)52-39(35-51-53(47,48)50-33-38(44)32-42)34-49-40(45)30-26-22-18-15-11-12-16-20-24-28-36(2)3/h6-9,14,17,19,21,25,29,36-39,42-44H,4-5,10-13,15-16,18,20,22-24,26-28,30-35H2,1-3H3,(H,47,48)/b8-6-,9-7-,19-14-,21-17-,29-25+/t37-,38+,39-/m1/s1. The van der Waals surface area contributed by atoms with E-state index in [1.807, 2.05) is 37.3 Å². The van der Waals surface area contributed by atoms with E-state index in [4.69, 9.17) is 19.1 Å². The van der Waals surface area contributed by atoms with Gasteiger partial charge in [0.2, 0.25) is 0 Å². The van der Waals surface area contributed by atoms with Crippen molar-refractivity contribution >= 4 is 19.8 Å². The van der Waals surface area contributed by atoms with Crippen LogP contribution in [0.4, 0.5) is 0 Å². The summed E-state index contributed by atoms with van der Waals surface area (Å²) in [5, 5.41) is 27.7. The Hall–Kier alpha value is -2.37. The number of carbonyl (C=O) groups is 2. The fraction of sp³-hybridized carbons (Fsp3) is 0.707. The van der Waals surface area contributed by atoms with Crippen LogP contribution in [-0.4, -0.2) is 76.9 Å². The monoisotopic (exact) mass is 770 g/mol. The number of allylic oxidation sites excluding steroid dienone is 9. The van der Waals surface area contributed by atoms with Crippen molar-refractivity contribution in [2.75, 3.05) is 26.4 Å². The largest absolute Gasteiger partial charge is 0.472 e. The fourth-order valence-electron chi connectivity index (χ4n) is 4.81. The van der Waals surface area contributed by atoms with Gasteiger partial charge in [0.05, 0.1) is 25.9 Å². The number of unbranched alkanes of at least 4 members (excludes halogenated alkanes) is 9. The predicted octanol–water partition coefficient (Wildman–Crippen LogP) is 8.77. The van der Waals surface area contributed by atoms with Crippen LogP contribution in [-0.2, 0) is 32.7 Å². The molecule has 1 unspecified atom stereocenters. The summed E-state index contributed by atoms with van der Waals surface area (Å²) in [6, 6.07) is 0. The van der Waals surface area contributed by atoms with E-state index >= 15 is 0 Å². The number of aliphatic hydroxyl groups is 3. The maximum atomic E-state index is 12.5. The van der Waals surface area contributed by atoms with E-state index in [1.165, 1.54) is 38.5 Å². The number of esters is 2. The molecule has 0 aromatic heterocycles. The number of hydrogen-bond donors (Lipinski definition) is 4. The maximum absolute atomic E-state index is 12.5. The molecule has 0 aliphatic carbocycles. The Labute approximate surface area is 319 Å². The van der Waals surface area contributed by atoms with Crippen molar-refractivity contribution in [3.8, 4) is 0 Å². The van der Waals surface area contributed by atoms with Crippen molar-refractivity contribution in [1.29, 1.82) is 0 Å². The van der Waals surface area contributed by atoms with Gasteiger partial charge in [-0.3, -0.25) is 18.6 Å². The van der Waals surface area contributed by atoms with E-state index in [0.717, 1.165) is 44.4 Å². The molecule has 0 aromatic rings. The van der Waals surface area contributed by atoms with Crippen molar-refractivity contribution in [2.45, 2.75) is 155 Å². The minimum atomic E-state index is -4.64. The SMILES string of the molecule is CC[C@@H](O)/C=C/C=C\C/C=C\C/C=C\C/C=C\CCCC(=O)O[C@H](COC(=O)CCCCCCCCCCCC(C)C)COP(=O)(O)OC[C@@H](O)CO. The molecule has 306 valence electrons. The molecule has 0 aliphatic rings. The van der Waals surface area contributed by atoms with Gasteiger partial charge in [-0.05, 0) is 50.9 Å². The molecule has 0 heterocycles. The van der Waals surface area contributed by atoms with Crippen LogP contribution in [0.5, 0.6) is 0 Å². The van der Waals surface area contributed by atoms with Gasteiger partial charge in [-0.15, -0.1) is 0 Å². The minimum absolute atomic E-state index is 0.0900. The van der Waals surface area contributed by atoms with E-state index in [-0.39, 0.29) is 19.4 Å². The molecule has 0 aromatic carbocycles. The van der Waals surface area contributed by atoms with Crippen LogP contribution in [0.3, 0.4) is 0 Å². The molecular formula is C41H71O11P. The summed E-state index contributed by atoms with van der Waals surface area (Å²) in [6.07, 6.45) is 33.0. The average Bonchev–Trinajstić information content (AvgIpc) is 3.13. The molecule has 0 spiro atoms. The van der Waals surface area contributed by atoms with Crippen LogP contribution in [0, 0.1) is 5.92 Å². The van der Waals surface area contributed by atoms with Crippen molar-refractivity contribution in [2.24, 2.45) is 5.92 Å². The molecule has 4 atom stereocenters. The molecule has 4 N–H and O–H groups in total. The lowest BCUT2D eigenvalue weighted by Gasteiger charge is -2.20. The first-order chi connectivity index (χ1) is 25.5. The molecule has 0 saturated heterocycles. The van der Waals surface area contributed by atoms with Gasteiger partial charge in [-0.2, -0.15) is 0 Å². The fourth-order valence-corrected chi connectivity index (χ4v) is 5.60. The number of phosphoric ester groups is 1. The first-order valence-electron chi connectivity index (χ1n) is 19.7. The molecule has 0 amide bonds. The summed E-state index contributed by atoms with van der Waals surface area (Å²) < 4.78 is 32.5. The number of phosphoric acid groups is 1. The van der Waals surface area contributed by atoms with E-state index in [1.54, 1.807) is 6.08 Å². The average molecular weight is 771 g/mol. The van der Waals surface area contributed by atoms with Crippen molar-refractivity contribution in [3.63, 3.8) is 0 Å². The lowest BCUT2D eigenvalue weighted by atomic mass is 10.0. The van der Waals surface area contributed by atoms with E-state index < -0.39 is 57.9 Å². The summed E-state index contributed by atoms with van der Waals surface area (Å²) in [4.78, 5) is 34.8. The van der Waals surface area contributed by atoms with Crippen molar-refractivity contribution in [1.82, 2.24) is 0 Å². The summed E-state index contributed by atoms with van der Waals surface area (Å²) in [5.74, 6) is -0.250. The zero-order valence-electron chi connectivity index (χ0n) is 32.7. The number of hydrogen-bond acceptors (Lipinski definition) is 10. The Morgan fingerprint density at radius 2 is 1.23 bits per heavy atom. The Balaban J connectivity index is 4.49. The topological polar surface area (TPSA) is 169 Å². The summed E-state index contributed by atoms with van der Waals surface area (Å²) in [7, 11) is -4.64. The molecule has 53 heavy (non-hydrogen) atoms. The van der Waals surface area contributed by atoms with Crippen LogP contribution in [0.2, 0.25) is 0 Å². The number of carbonyl (C=O) groups excluding carboxylic acids is 2. The third kappa shape index (κ3) is 36.4. The zero-order valence-corrected chi connectivity index (χ0v) is 33.6. The van der Waals surface area contributed by atoms with Gasteiger partial charge in [0.25, 0.3) is 0 Å². The van der Waals surface area contributed by atoms with Crippen LogP contribution in [0.25, 0.3) is 0 Å². The molecule has 0 radical (unpaired) electrons. The van der Waals surface area contributed by atoms with Crippen molar-refractivity contribution < 1.29 is 52.9 Å². The third-order valence-corrected chi connectivity index (χ3v) is 8.97. The second-order valence-electron chi connectivity index (χ2n) is 13.6. The van der Waals surface area contributed by atoms with E-state index in [0.29, 0.717) is 25.7 Å².